The van der Waals surface area contributed by atoms with Crippen molar-refractivity contribution in [1.29, 1.82) is 0 Å². The molecule has 32 heavy (non-hydrogen) atoms. The van der Waals surface area contributed by atoms with Gasteiger partial charge in [0, 0.05) is 28.2 Å². The Bertz CT molecular complexity index is 1280. The van der Waals surface area contributed by atoms with E-state index in [9.17, 15) is 9.90 Å². The highest BCUT2D eigenvalue weighted by molar-refractivity contribution is 6.31. The number of carbonyl (C=O) groups is 1. The van der Waals surface area contributed by atoms with Gasteiger partial charge in [0.1, 0.15) is 5.75 Å². The summed E-state index contributed by atoms with van der Waals surface area (Å²) in [6, 6.07) is 21.6. The smallest absolute Gasteiger partial charge is 0.240 e. The van der Waals surface area contributed by atoms with Crippen molar-refractivity contribution in [2.24, 2.45) is 5.73 Å². The number of nitrogens with zero attached hydrogens (tertiary/aromatic N) is 1. The second kappa shape index (κ2) is 8.34. The lowest BCUT2D eigenvalue weighted by Gasteiger charge is -2.37. The molecule has 0 spiro atoms. The van der Waals surface area contributed by atoms with Gasteiger partial charge in [-0.3, -0.25) is 4.79 Å². The summed E-state index contributed by atoms with van der Waals surface area (Å²) in [4.78, 5) is 18.9. The molecule has 0 radical (unpaired) electrons. The quantitative estimate of drug-likeness (QED) is 0.430. The van der Waals surface area contributed by atoms with Gasteiger partial charge in [-0.2, -0.15) is 0 Å². The van der Waals surface area contributed by atoms with Gasteiger partial charge in [-0.25, -0.2) is 0 Å². The zero-order valence-electron chi connectivity index (χ0n) is 17.5. The third-order valence-corrected chi connectivity index (χ3v) is 6.41. The average Bonchev–Trinajstić information content (AvgIpc) is 3.16. The zero-order valence-corrected chi connectivity index (χ0v) is 18.2. The highest BCUT2D eigenvalue weighted by atomic mass is 35.5. The molecule has 1 unspecified atom stereocenters. The highest BCUT2D eigenvalue weighted by Crippen LogP contribution is 2.40. The summed E-state index contributed by atoms with van der Waals surface area (Å²) in [5, 5.41) is 11.9. The number of nitrogens with two attached hydrogens (primary N) is 1. The number of hydrogen-bond donors (Lipinski definition) is 3. The molecule has 5 nitrogen and oxygen atoms in total. The number of hydrogen-bond acceptors (Lipinski definition) is 3. The summed E-state index contributed by atoms with van der Waals surface area (Å²) < 4.78 is 0. The topological polar surface area (TPSA) is 82.4 Å². The van der Waals surface area contributed by atoms with Gasteiger partial charge in [0.05, 0.1) is 12.1 Å². The van der Waals surface area contributed by atoms with Crippen LogP contribution in [0.25, 0.3) is 10.9 Å². The number of amides is 1. The number of fused-ring (bicyclic) bond motifs is 3. The van der Waals surface area contributed by atoms with Crippen LogP contribution < -0.4 is 5.73 Å². The molecule has 5 rings (SSSR count). The summed E-state index contributed by atoms with van der Waals surface area (Å²) in [6.07, 6.45) is 1.17. The van der Waals surface area contributed by atoms with E-state index in [4.69, 9.17) is 17.3 Å². The third-order valence-electron chi connectivity index (χ3n) is 6.17. The van der Waals surface area contributed by atoms with E-state index >= 15 is 0 Å². The first-order valence-electron chi connectivity index (χ1n) is 10.7. The van der Waals surface area contributed by atoms with E-state index in [1.54, 1.807) is 18.2 Å². The normalized spacial score (nSPS) is 16.7. The number of nitrogens with one attached hydrogen (secondary N) is 1. The van der Waals surface area contributed by atoms with Gasteiger partial charge in [0.15, 0.2) is 0 Å². The molecule has 0 fully saturated rings. The molecule has 1 aromatic heterocycles. The van der Waals surface area contributed by atoms with Crippen LogP contribution in [0.2, 0.25) is 5.02 Å². The SMILES string of the molecule is N[C@@H](Cc1ccccc1)C(=O)N1CCc2c([nH]c3ccc(Cl)cc23)C1c1cccc(O)c1. The maximum absolute atomic E-state index is 13.6. The first kappa shape index (κ1) is 20.6. The Balaban J connectivity index is 1.56. The lowest BCUT2D eigenvalue weighted by Crippen LogP contribution is -2.49. The van der Waals surface area contributed by atoms with Gasteiger partial charge in [0.25, 0.3) is 0 Å². The van der Waals surface area contributed by atoms with Crippen LogP contribution in [0.15, 0.2) is 72.8 Å². The van der Waals surface area contributed by atoms with Crippen molar-refractivity contribution >= 4 is 28.4 Å². The van der Waals surface area contributed by atoms with Gasteiger partial charge in [-0.1, -0.05) is 54.1 Å². The first-order chi connectivity index (χ1) is 15.5. The molecule has 0 bridgehead atoms. The summed E-state index contributed by atoms with van der Waals surface area (Å²) in [5.74, 6) is 0.0549. The maximum Gasteiger partial charge on any atom is 0.240 e. The van der Waals surface area contributed by atoms with Crippen LogP contribution in [-0.2, 0) is 17.6 Å². The number of phenols is 1. The number of phenolic OH excluding ortho intramolecular Hbond substituents is 1. The molecule has 1 aliphatic heterocycles. The van der Waals surface area contributed by atoms with Crippen molar-refractivity contribution < 1.29 is 9.90 Å². The Labute approximate surface area is 191 Å². The number of rotatable bonds is 4. The van der Waals surface area contributed by atoms with Gasteiger partial charge < -0.3 is 20.7 Å². The Kier molecular flexibility index (Phi) is 5.37. The molecule has 4 aromatic rings. The van der Waals surface area contributed by atoms with Crippen LogP contribution in [-0.4, -0.2) is 33.5 Å². The Morgan fingerprint density at radius 2 is 1.94 bits per heavy atom. The van der Waals surface area contributed by atoms with E-state index in [1.807, 2.05) is 59.5 Å². The minimum atomic E-state index is -0.655. The highest BCUT2D eigenvalue weighted by Gasteiger charge is 2.36. The lowest BCUT2D eigenvalue weighted by molar-refractivity contribution is -0.134. The number of aromatic nitrogens is 1. The van der Waals surface area contributed by atoms with E-state index in [0.717, 1.165) is 33.3 Å². The van der Waals surface area contributed by atoms with E-state index in [0.29, 0.717) is 24.4 Å². The van der Waals surface area contributed by atoms with Crippen molar-refractivity contribution in [3.05, 3.63) is 100 Å². The monoisotopic (exact) mass is 445 g/mol. The van der Waals surface area contributed by atoms with Gasteiger partial charge >= 0.3 is 0 Å². The summed E-state index contributed by atoms with van der Waals surface area (Å²) in [6.45, 7) is 0.536. The number of aromatic amines is 1. The van der Waals surface area contributed by atoms with Gasteiger partial charge in [0.2, 0.25) is 5.91 Å². The molecule has 0 aliphatic carbocycles. The number of H-pyrrole nitrogens is 1. The molecule has 4 N–H and O–H groups in total. The Hall–Kier alpha value is -3.28. The number of aromatic hydroxyl groups is 1. The molecule has 1 aliphatic rings. The van der Waals surface area contributed by atoms with Crippen molar-refractivity contribution in [3.8, 4) is 5.75 Å². The van der Waals surface area contributed by atoms with E-state index in [-0.39, 0.29) is 17.7 Å². The fourth-order valence-electron chi connectivity index (χ4n) is 4.71. The molecule has 0 saturated carbocycles. The van der Waals surface area contributed by atoms with Crippen LogP contribution >= 0.6 is 11.6 Å². The minimum absolute atomic E-state index is 0.107. The molecular formula is C26H24ClN3O2. The van der Waals surface area contributed by atoms with Crippen LogP contribution in [0.4, 0.5) is 0 Å². The number of halogens is 1. The fraction of sp³-hybridized carbons (Fsp3) is 0.192. The molecule has 1 amide bonds. The van der Waals surface area contributed by atoms with Crippen LogP contribution in [0.3, 0.4) is 0 Å². The third kappa shape index (κ3) is 3.74. The van der Waals surface area contributed by atoms with Crippen molar-refractivity contribution in [1.82, 2.24) is 9.88 Å². The molecule has 2 heterocycles. The number of benzene rings is 3. The Morgan fingerprint density at radius 3 is 2.72 bits per heavy atom. The second-order valence-electron chi connectivity index (χ2n) is 8.28. The van der Waals surface area contributed by atoms with E-state index < -0.39 is 6.04 Å². The molecular weight excluding hydrogens is 422 g/mol. The summed E-state index contributed by atoms with van der Waals surface area (Å²) in [7, 11) is 0. The minimum Gasteiger partial charge on any atom is -0.508 e. The Morgan fingerprint density at radius 1 is 1.12 bits per heavy atom. The zero-order chi connectivity index (χ0) is 22.2. The molecule has 0 saturated heterocycles. The predicted octanol–water partition coefficient (Wildman–Crippen LogP) is 4.57. The van der Waals surface area contributed by atoms with Gasteiger partial charge in [-0.05, 0) is 59.9 Å². The van der Waals surface area contributed by atoms with Crippen LogP contribution in [0.1, 0.15) is 28.4 Å². The maximum atomic E-state index is 13.6. The largest absolute Gasteiger partial charge is 0.508 e. The van der Waals surface area contributed by atoms with Crippen molar-refractivity contribution in [2.75, 3.05) is 6.54 Å². The average molecular weight is 446 g/mol. The predicted molar refractivity (Wildman–Crippen MR) is 127 cm³/mol. The van der Waals surface area contributed by atoms with Crippen molar-refractivity contribution in [2.45, 2.75) is 24.9 Å². The standard InChI is InChI=1S/C26H24ClN3O2/c27-18-9-10-23-21(15-18)20-11-12-30(26(32)22(28)13-16-5-2-1-3-6-16)25(24(20)29-23)17-7-4-8-19(31)14-17/h1-10,14-15,22,25,29,31H,11-13,28H2/t22-,25?/m0/s1. The first-order valence-corrected chi connectivity index (χ1v) is 11.1. The fourth-order valence-corrected chi connectivity index (χ4v) is 4.88. The molecule has 3 aromatic carbocycles. The van der Waals surface area contributed by atoms with Crippen LogP contribution in [0.5, 0.6) is 5.75 Å². The molecule has 6 heteroatoms. The summed E-state index contributed by atoms with van der Waals surface area (Å²) in [5.41, 5.74) is 11.3. The summed E-state index contributed by atoms with van der Waals surface area (Å²) >= 11 is 6.26. The lowest BCUT2D eigenvalue weighted by atomic mass is 9.91. The second-order valence-corrected chi connectivity index (χ2v) is 8.72. The van der Waals surface area contributed by atoms with Crippen LogP contribution in [0, 0.1) is 0 Å². The van der Waals surface area contributed by atoms with E-state index in [1.165, 1.54) is 0 Å². The number of carbonyl (C=O) groups excluding carboxylic acids is 1. The van der Waals surface area contributed by atoms with E-state index in [2.05, 4.69) is 4.98 Å². The van der Waals surface area contributed by atoms with Gasteiger partial charge in [-0.15, -0.1) is 0 Å². The molecule has 2 atom stereocenters. The van der Waals surface area contributed by atoms with Crippen molar-refractivity contribution in [3.63, 3.8) is 0 Å². The molecule has 162 valence electrons.